The van der Waals surface area contributed by atoms with Crippen LogP contribution in [0.4, 0.5) is 0 Å². The van der Waals surface area contributed by atoms with E-state index in [1.165, 1.54) is 37.8 Å². The Hall–Kier alpha value is -1.13. The number of aromatic nitrogens is 1. The highest BCUT2D eigenvalue weighted by Gasteiger charge is 2.21. The van der Waals surface area contributed by atoms with Crippen molar-refractivity contribution in [1.29, 1.82) is 0 Å². The summed E-state index contributed by atoms with van der Waals surface area (Å²) in [6, 6.07) is 5.65. The lowest BCUT2D eigenvalue weighted by Gasteiger charge is -2.19. The van der Waals surface area contributed by atoms with Gasteiger partial charge in [-0.1, -0.05) is 0 Å². The van der Waals surface area contributed by atoms with Crippen LogP contribution in [0.3, 0.4) is 0 Å². The minimum atomic E-state index is 0.686. The number of hydrogen-bond donors (Lipinski definition) is 1. The molecule has 2 fully saturated rings. The second kappa shape index (κ2) is 6.75. The second-order valence-electron chi connectivity index (χ2n) is 6.52. The number of nitrogens with one attached hydrogen (secondary N) is 1. The molecule has 2 aliphatic rings. The number of likely N-dealkylation sites (tertiary alicyclic amines) is 1. The molecule has 1 unspecified atom stereocenters. The molecule has 1 atom stereocenters. The van der Waals surface area contributed by atoms with E-state index in [1.54, 1.807) is 0 Å². The summed E-state index contributed by atoms with van der Waals surface area (Å²) in [5.74, 6) is 0.781. The van der Waals surface area contributed by atoms with Crippen LogP contribution in [0.15, 0.2) is 12.1 Å². The monoisotopic (exact) mass is 289 g/mol. The fourth-order valence-corrected chi connectivity index (χ4v) is 3.08. The van der Waals surface area contributed by atoms with Crippen LogP contribution in [0, 0.1) is 6.92 Å². The normalized spacial score (nSPS) is 22.7. The first kappa shape index (κ1) is 14.8. The van der Waals surface area contributed by atoms with Crippen molar-refractivity contribution in [2.75, 3.05) is 20.2 Å². The SMILES string of the molecule is Cc1cc(CNC2CC2)cc(OCCC2CCCN2C)n1. The summed E-state index contributed by atoms with van der Waals surface area (Å²) >= 11 is 0. The van der Waals surface area contributed by atoms with Crippen molar-refractivity contribution in [2.24, 2.45) is 0 Å². The maximum Gasteiger partial charge on any atom is 0.213 e. The molecule has 116 valence electrons. The molecule has 1 aliphatic carbocycles. The van der Waals surface area contributed by atoms with Crippen LogP contribution in [0.1, 0.15) is 43.4 Å². The first-order valence-corrected chi connectivity index (χ1v) is 8.25. The predicted octanol–water partition coefficient (Wildman–Crippen LogP) is 2.51. The lowest BCUT2D eigenvalue weighted by atomic mass is 10.1. The summed E-state index contributed by atoms with van der Waals surface area (Å²) in [7, 11) is 2.21. The van der Waals surface area contributed by atoms with Gasteiger partial charge in [-0.2, -0.15) is 0 Å². The first-order chi connectivity index (χ1) is 10.2. The highest BCUT2D eigenvalue weighted by Crippen LogP contribution is 2.21. The molecular weight excluding hydrogens is 262 g/mol. The first-order valence-electron chi connectivity index (χ1n) is 8.25. The van der Waals surface area contributed by atoms with E-state index in [4.69, 9.17) is 4.74 Å². The molecule has 4 heteroatoms. The van der Waals surface area contributed by atoms with E-state index in [1.807, 2.05) is 6.92 Å². The van der Waals surface area contributed by atoms with Crippen molar-refractivity contribution in [1.82, 2.24) is 15.2 Å². The van der Waals surface area contributed by atoms with E-state index in [0.29, 0.717) is 6.04 Å². The van der Waals surface area contributed by atoms with Crippen LogP contribution in [-0.2, 0) is 6.54 Å². The molecule has 2 heterocycles. The number of aryl methyl sites for hydroxylation is 1. The fraction of sp³-hybridized carbons (Fsp3) is 0.706. The molecule has 4 nitrogen and oxygen atoms in total. The molecule has 0 bridgehead atoms. The molecule has 0 amide bonds. The topological polar surface area (TPSA) is 37.4 Å². The lowest BCUT2D eigenvalue weighted by Crippen LogP contribution is -2.26. The zero-order valence-electron chi connectivity index (χ0n) is 13.3. The van der Waals surface area contributed by atoms with Gasteiger partial charge >= 0.3 is 0 Å². The Morgan fingerprint density at radius 1 is 1.33 bits per heavy atom. The van der Waals surface area contributed by atoms with Crippen LogP contribution < -0.4 is 10.1 Å². The highest BCUT2D eigenvalue weighted by molar-refractivity contribution is 5.24. The van der Waals surface area contributed by atoms with E-state index in [0.717, 1.165) is 37.2 Å². The fourth-order valence-electron chi connectivity index (χ4n) is 3.08. The van der Waals surface area contributed by atoms with Gasteiger partial charge in [-0.15, -0.1) is 0 Å². The van der Waals surface area contributed by atoms with E-state index in [2.05, 4.69) is 34.4 Å². The summed E-state index contributed by atoms with van der Waals surface area (Å²) in [5, 5.41) is 3.54. The van der Waals surface area contributed by atoms with E-state index < -0.39 is 0 Å². The van der Waals surface area contributed by atoms with Gasteiger partial charge < -0.3 is 15.0 Å². The second-order valence-corrected chi connectivity index (χ2v) is 6.52. The van der Waals surface area contributed by atoms with Gasteiger partial charge in [0.25, 0.3) is 0 Å². The quantitative estimate of drug-likeness (QED) is 0.837. The largest absolute Gasteiger partial charge is 0.478 e. The Morgan fingerprint density at radius 2 is 2.19 bits per heavy atom. The molecule has 0 radical (unpaired) electrons. The van der Waals surface area contributed by atoms with Crippen LogP contribution in [0.25, 0.3) is 0 Å². The van der Waals surface area contributed by atoms with Gasteiger partial charge in [0, 0.05) is 30.4 Å². The summed E-state index contributed by atoms with van der Waals surface area (Å²) in [6.45, 7) is 4.96. The zero-order chi connectivity index (χ0) is 14.7. The van der Waals surface area contributed by atoms with Crippen molar-refractivity contribution < 1.29 is 4.74 Å². The summed E-state index contributed by atoms with van der Waals surface area (Å²) in [5.41, 5.74) is 2.32. The van der Waals surface area contributed by atoms with Gasteiger partial charge in [0.2, 0.25) is 5.88 Å². The smallest absolute Gasteiger partial charge is 0.213 e. The third-order valence-electron chi connectivity index (χ3n) is 4.53. The third kappa shape index (κ3) is 4.42. The van der Waals surface area contributed by atoms with Crippen LogP contribution in [0.2, 0.25) is 0 Å². The van der Waals surface area contributed by atoms with E-state index in [9.17, 15) is 0 Å². The summed E-state index contributed by atoms with van der Waals surface area (Å²) in [4.78, 5) is 6.94. The molecule has 3 rings (SSSR count). The van der Waals surface area contributed by atoms with Gasteiger partial charge in [0.1, 0.15) is 0 Å². The minimum absolute atomic E-state index is 0.686. The standard InChI is InChI=1S/C17H27N3O/c1-13-10-14(12-18-15-5-6-15)11-17(19-13)21-9-7-16-4-3-8-20(16)2/h10-11,15-16,18H,3-9,12H2,1-2H3. The molecule has 1 N–H and O–H groups in total. The van der Waals surface area contributed by atoms with Crippen molar-refractivity contribution in [3.8, 4) is 5.88 Å². The van der Waals surface area contributed by atoms with Crippen molar-refractivity contribution in [2.45, 2.75) is 57.7 Å². The summed E-state index contributed by atoms with van der Waals surface area (Å²) < 4.78 is 5.89. The van der Waals surface area contributed by atoms with E-state index >= 15 is 0 Å². The van der Waals surface area contributed by atoms with Crippen LogP contribution in [-0.4, -0.2) is 42.2 Å². The Bertz CT molecular complexity index is 473. The molecule has 1 saturated heterocycles. The van der Waals surface area contributed by atoms with Crippen LogP contribution >= 0.6 is 0 Å². The van der Waals surface area contributed by atoms with Gasteiger partial charge in [0.15, 0.2) is 0 Å². The van der Waals surface area contributed by atoms with Gasteiger partial charge in [-0.25, -0.2) is 4.98 Å². The average molecular weight is 289 g/mol. The Balaban J connectivity index is 1.49. The number of hydrogen-bond acceptors (Lipinski definition) is 4. The minimum Gasteiger partial charge on any atom is -0.478 e. The maximum atomic E-state index is 5.89. The Labute approximate surface area is 127 Å². The summed E-state index contributed by atoms with van der Waals surface area (Å²) in [6.07, 6.45) is 6.37. The molecule has 1 aliphatic heterocycles. The molecule has 1 saturated carbocycles. The van der Waals surface area contributed by atoms with Gasteiger partial charge in [-0.3, -0.25) is 0 Å². The molecule has 0 aromatic carbocycles. The van der Waals surface area contributed by atoms with Crippen molar-refractivity contribution >= 4 is 0 Å². The average Bonchev–Trinajstić information content (AvgIpc) is 3.19. The molecular formula is C17H27N3O. The van der Waals surface area contributed by atoms with E-state index in [-0.39, 0.29) is 0 Å². The number of ether oxygens (including phenoxy) is 1. The highest BCUT2D eigenvalue weighted by atomic mass is 16.5. The lowest BCUT2D eigenvalue weighted by molar-refractivity contribution is 0.228. The molecule has 1 aromatic rings. The number of pyridine rings is 1. The number of rotatable bonds is 7. The molecule has 0 spiro atoms. The maximum absolute atomic E-state index is 5.89. The molecule has 21 heavy (non-hydrogen) atoms. The van der Waals surface area contributed by atoms with Gasteiger partial charge in [-0.05, 0) is 64.3 Å². The Morgan fingerprint density at radius 3 is 2.90 bits per heavy atom. The zero-order valence-corrected chi connectivity index (χ0v) is 13.3. The van der Waals surface area contributed by atoms with Crippen molar-refractivity contribution in [3.63, 3.8) is 0 Å². The van der Waals surface area contributed by atoms with Crippen LogP contribution in [0.5, 0.6) is 5.88 Å². The number of nitrogens with zero attached hydrogens (tertiary/aromatic N) is 2. The van der Waals surface area contributed by atoms with Crippen molar-refractivity contribution in [3.05, 3.63) is 23.4 Å². The third-order valence-corrected chi connectivity index (χ3v) is 4.53. The van der Waals surface area contributed by atoms with Gasteiger partial charge in [0.05, 0.1) is 6.61 Å². The molecule has 1 aromatic heterocycles. The Kier molecular flexibility index (Phi) is 4.76. The predicted molar refractivity (Wildman–Crippen MR) is 84.6 cm³/mol.